The summed E-state index contributed by atoms with van der Waals surface area (Å²) in [4.78, 5) is 136. The predicted octanol–water partition coefficient (Wildman–Crippen LogP) is 4.19. The van der Waals surface area contributed by atoms with Crippen LogP contribution in [0.1, 0.15) is 114 Å². The lowest BCUT2D eigenvalue weighted by atomic mass is 9.93. The molecule has 5 rings (SSSR count). The van der Waals surface area contributed by atoms with Gasteiger partial charge < -0.3 is 65.8 Å². The number of nitrogens with one attached hydrogen (secondary N) is 8. The van der Waals surface area contributed by atoms with Gasteiger partial charge in [-0.2, -0.15) is 5.10 Å². The first kappa shape index (κ1) is 65.8. The first-order valence-corrected chi connectivity index (χ1v) is 27.4. The first-order chi connectivity index (χ1) is 39.3. The number of imide groups is 1. The van der Waals surface area contributed by atoms with E-state index in [0.717, 1.165) is 15.5 Å². The molecule has 26 heteroatoms. The Morgan fingerprint density at radius 2 is 1.27 bits per heavy atom. The minimum atomic E-state index is -1.59. The van der Waals surface area contributed by atoms with Crippen LogP contribution in [0.2, 0.25) is 0 Å². The third kappa shape index (κ3) is 20.5. The Hall–Kier alpha value is -8.97. The molecule has 11 amide bonds. The molecule has 3 aromatic rings. The van der Waals surface area contributed by atoms with Crippen LogP contribution in [-0.4, -0.2) is 164 Å². The van der Waals surface area contributed by atoms with E-state index < -0.39 is 101 Å². The zero-order chi connectivity index (χ0) is 62.3. The highest BCUT2D eigenvalue weighted by Gasteiger charge is 2.37. The highest BCUT2D eigenvalue weighted by atomic mass is 16.6. The van der Waals surface area contributed by atoms with Crippen LogP contribution in [0.25, 0.3) is 11.1 Å². The number of nitrogens with zero attached hydrogens (tertiary/aromatic N) is 3. The Balaban J connectivity index is 1.64. The van der Waals surface area contributed by atoms with Gasteiger partial charge in [-0.1, -0.05) is 29.8 Å². The first-order valence-electron chi connectivity index (χ1n) is 27.4. The Morgan fingerprint density at radius 3 is 1.82 bits per heavy atom. The minimum Gasteiger partial charge on any atom is -0.491 e. The monoisotopic (exact) mass is 1170 g/mol. The summed E-state index contributed by atoms with van der Waals surface area (Å²) in [6.07, 6.45) is -1.30. The SMILES string of the molecule is Cc1ccc(C(=O)N[C@@H](CCNC(=O)OC(C)(C)C)C(=O)N(C)[C@@H]2C(=O)N[C@@H](C)C(=O)N[C@H](C(=O)NC/C=N/N3CC(=O)NC3=O)Cc3ccc(OCCNC(=O)OC(C)(C)C)c(c3)-c3cc2ccc3OCCNC(=O)OC(C)(C)C)c(C)c1. The van der Waals surface area contributed by atoms with Gasteiger partial charge in [0, 0.05) is 42.9 Å². The van der Waals surface area contributed by atoms with Gasteiger partial charge in [0.25, 0.3) is 5.91 Å². The van der Waals surface area contributed by atoms with E-state index >= 15 is 9.59 Å². The van der Waals surface area contributed by atoms with Crippen LogP contribution in [0.15, 0.2) is 59.7 Å². The summed E-state index contributed by atoms with van der Waals surface area (Å²) in [7, 11) is 1.34. The van der Waals surface area contributed by atoms with Gasteiger partial charge in [-0.05, 0) is 137 Å². The van der Waals surface area contributed by atoms with E-state index in [4.69, 9.17) is 23.7 Å². The largest absolute Gasteiger partial charge is 0.491 e. The summed E-state index contributed by atoms with van der Waals surface area (Å²) in [5, 5.41) is 25.8. The summed E-state index contributed by atoms with van der Waals surface area (Å²) in [6, 6.07) is 8.35. The van der Waals surface area contributed by atoms with E-state index in [-0.39, 0.29) is 87.0 Å². The fourth-order valence-electron chi connectivity index (χ4n) is 8.50. The van der Waals surface area contributed by atoms with Crippen molar-refractivity contribution in [1.82, 2.24) is 52.4 Å². The van der Waals surface area contributed by atoms with Crippen molar-refractivity contribution in [3.63, 3.8) is 0 Å². The van der Waals surface area contributed by atoms with Gasteiger partial charge in [-0.3, -0.25) is 34.1 Å². The molecule has 2 aliphatic heterocycles. The molecule has 3 aromatic carbocycles. The van der Waals surface area contributed by atoms with Crippen molar-refractivity contribution in [3.8, 4) is 22.6 Å². The Labute approximate surface area is 488 Å². The quantitative estimate of drug-likeness (QED) is 0.0361. The third-order valence-corrected chi connectivity index (χ3v) is 12.2. The van der Waals surface area contributed by atoms with Gasteiger partial charge in [0.2, 0.25) is 29.5 Å². The molecule has 0 aromatic heterocycles. The lowest BCUT2D eigenvalue weighted by Crippen LogP contribution is -2.56. The van der Waals surface area contributed by atoms with Gasteiger partial charge in [-0.25, -0.2) is 24.2 Å². The number of aryl methyl sites for hydroxylation is 2. The molecule has 0 saturated carbocycles. The standard InChI is InChI=1S/C58H79N11O15/c1-33-14-17-38(34(2)28-33)48(72)65-41(20-21-60-53(77)82-56(4,5)6)51(75)68(13)46-37-16-19-44(81-27-25-62-55(79)84-58(10,11)12)40(31-37)39-29-36(15-18-43(39)80-26-24-61-54(78)83-57(7,8)9)30-42(66-47(71)35(3)64-50(46)74)49(73)59-22-23-63-69-32-45(70)67-52(69)76/h14-19,23,28-29,31,35,41-42,46H,20-22,24-27,30,32H2,1-13H3,(H,59,73)(H,60,77)(H,61,78)(H,62,79)(H,64,74)(H,65,72)(H,66,71)(H,67,70,76)/b63-23+/t35-,41-,42-,46-/m0/s1. The molecule has 4 bridgehead atoms. The van der Waals surface area contributed by atoms with Crippen LogP contribution >= 0.6 is 0 Å². The molecule has 84 heavy (non-hydrogen) atoms. The molecular formula is C58H79N11O15. The van der Waals surface area contributed by atoms with Crippen molar-refractivity contribution < 1.29 is 71.6 Å². The van der Waals surface area contributed by atoms with Gasteiger partial charge in [0.05, 0.1) is 19.6 Å². The predicted molar refractivity (Wildman–Crippen MR) is 308 cm³/mol. The number of fused-ring (bicyclic) bond motifs is 5. The van der Waals surface area contributed by atoms with Crippen LogP contribution in [0.3, 0.4) is 0 Å². The van der Waals surface area contributed by atoms with Gasteiger partial charge in [0.1, 0.15) is 72.2 Å². The fourth-order valence-corrected chi connectivity index (χ4v) is 8.50. The molecule has 0 radical (unpaired) electrons. The second kappa shape index (κ2) is 28.8. The van der Waals surface area contributed by atoms with Gasteiger partial charge in [0.15, 0.2) is 0 Å². The number of benzene rings is 3. The summed E-state index contributed by atoms with van der Waals surface area (Å²) in [6.45, 7) is 19.3. The van der Waals surface area contributed by atoms with Crippen molar-refractivity contribution in [1.29, 1.82) is 0 Å². The number of carbonyl (C=O) groups is 10. The number of alkyl carbamates (subject to hydrolysis) is 3. The number of urea groups is 1. The van der Waals surface area contributed by atoms with Crippen molar-refractivity contribution >= 4 is 66.0 Å². The number of hydrogen-bond acceptors (Lipinski definition) is 16. The second-order valence-electron chi connectivity index (χ2n) is 23.0. The molecule has 0 aliphatic carbocycles. The summed E-state index contributed by atoms with van der Waals surface area (Å²) in [5.74, 6) is -3.95. The Kier molecular flexibility index (Phi) is 22.6. The molecule has 26 nitrogen and oxygen atoms in total. The average Bonchev–Trinajstić information content (AvgIpc) is 2.72. The molecule has 0 spiro atoms. The van der Waals surface area contributed by atoms with E-state index in [1.165, 1.54) is 26.3 Å². The molecule has 8 N–H and O–H groups in total. The lowest BCUT2D eigenvalue weighted by Gasteiger charge is -2.33. The third-order valence-electron chi connectivity index (χ3n) is 12.2. The second-order valence-corrected chi connectivity index (χ2v) is 23.0. The van der Waals surface area contributed by atoms with E-state index in [9.17, 15) is 38.4 Å². The summed E-state index contributed by atoms with van der Waals surface area (Å²) >= 11 is 0. The zero-order valence-electron chi connectivity index (χ0n) is 49.9. The molecule has 1 fully saturated rings. The van der Waals surface area contributed by atoms with Gasteiger partial charge >= 0.3 is 24.3 Å². The normalized spacial score (nSPS) is 16.8. The molecular weight excluding hydrogens is 1090 g/mol. The number of rotatable bonds is 19. The molecule has 4 atom stereocenters. The van der Waals surface area contributed by atoms with Crippen molar-refractivity contribution in [2.75, 3.05) is 53.0 Å². The molecule has 1 saturated heterocycles. The topological polar surface area (TPSA) is 332 Å². The van der Waals surface area contributed by atoms with Crippen LogP contribution in [-0.2, 0) is 44.6 Å². The highest BCUT2D eigenvalue weighted by Crippen LogP contribution is 2.40. The maximum absolute atomic E-state index is 15.2. The Bertz CT molecular complexity index is 2980. The van der Waals surface area contributed by atoms with E-state index in [0.29, 0.717) is 16.7 Å². The number of hydrazone groups is 1. The van der Waals surface area contributed by atoms with Crippen molar-refractivity contribution in [2.45, 2.75) is 137 Å². The van der Waals surface area contributed by atoms with Crippen LogP contribution in [0, 0.1) is 13.8 Å². The average molecular weight is 1170 g/mol. The van der Waals surface area contributed by atoms with E-state index in [2.05, 4.69) is 47.6 Å². The highest BCUT2D eigenvalue weighted by molar-refractivity contribution is 6.02. The maximum atomic E-state index is 15.2. The van der Waals surface area contributed by atoms with Crippen LogP contribution < -0.4 is 52.0 Å². The smallest absolute Gasteiger partial charge is 0.407 e. The number of hydrogen-bond donors (Lipinski definition) is 8. The molecule has 2 aliphatic rings. The fraction of sp³-hybridized carbons (Fsp3) is 0.500. The van der Waals surface area contributed by atoms with Crippen molar-refractivity contribution in [3.05, 3.63) is 82.4 Å². The van der Waals surface area contributed by atoms with E-state index in [1.54, 1.807) is 118 Å². The number of likely N-dealkylation sites (N-methyl/N-ethyl adjacent to an activating group) is 1. The summed E-state index contributed by atoms with van der Waals surface area (Å²) < 4.78 is 28.9. The Morgan fingerprint density at radius 1 is 0.714 bits per heavy atom. The van der Waals surface area contributed by atoms with Crippen molar-refractivity contribution in [2.24, 2.45) is 5.10 Å². The lowest BCUT2D eigenvalue weighted by molar-refractivity contribution is -0.141. The molecule has 2 heterocycles. The zero-order valence-corrected chi connectivity index (χ0v) is 49.9. The van der Waals surface area contributed by atoms with E-state index in [1.807, 2.05) is 6.92 Å². The number of amides is 11. The number of ether oxygens (including phenoxy) is 5. The van der Waals surface area contributed by atoms with Crippen LogP contribution in [0.5, 0.6) is 11.5 Å². The van der Waals surface area contributed by atoms with Gasteiger partial charge in [-0.15, -0.1) is 0 Å². The molecule has 456 valence electrons. The van der Waals surface area contributed by atoms with Crippen LogP contribution in [0.4, 0.5) is 19.2 Å². The minimum absolute atomic E-state index is 0.0199. The molecule has 0 unspecified atom stereocenters. The maximum Gasteiger partial charge on any atom is 0.407 e. The summed E-state index contributed by atoms with van der Waals surface area (Å²) in [5.41, 5.74) is 0.586. The number of carbonyl (C=O) groups excluding carboxylic acids is 10.